The SMILES string of the molecule is Cc1ccc(CS(=O)(=O)NCc2nn[nH]n2)cc1. The van der Waals surface area contributed by atoms with Crippen molar-refractivity contribution in [3.8, 4) is 0 Å². The van der Waals surface area contributed by atoms with Gasteiger partial charge in [-0.3, -0.25) is 0 Å². The van der Waals surface area contributed by atoms with Gasteiger partial charge in [-0.1, -0.05) is 35.0 Å². The normalized spacial score (nSPS) is 11.6. The minimum Gasteiger partial charge on any atom is -0.212 e. The zero-order valence-corrected chi connectivity index (χ0v) is 10.6. The lowest BCUT2D eigenvalue weighted by molar-refractivity contribution is 0.578. The number of tetrazole rings is 1. The summed E-state index contributed by atoms with van der Waals surface area (Å²) in [7, 11) is -3.40. The molecule has 1 aromatic carbocycles. The van der Waals surface area contributed by atoms with E-state index < -0.39 is 10.0 Å². The van der Waals surface area contributed by atoms with Crippen LogP contribution in [0.25, 0.3) is 0 Å². The van der Waals surface area contributed by atoms with Gasteiger partial charge in [0.15, 0.2) is 5.82 Å². The largest absolute Gasteiger partial charge is 0.216 e. The Morgan fingerprint density at radius 1 is 1.28 bits per heavy atom. The molecule has 8 heteroatoms. The molecule has 0 spiro atoms. The van der Waals surface area contributed by atoms with Crippen molar-refractivity contribution in [1.29, 1.82) is 0 Å². The van der Waals surface area contributed by atoms with E-state index in [1.165, 1.54) is 0 Å². The van der Waals surface area contributed by atoms with Crippen molar-refractivity contribution >= 4 is 10.0 Å². The number of H-pyrrole nitrogens is 1. The Balaban J connectivity index is 1.97. The summed E-state index contributed by atoms with van der Waals surface area (Å²) in [6, 6.07) is 7.35. The van der Waals surface area contributed by atoms with Crippen LogP contribution in [0.1, 0.15) is 17.0 Å². The molecule has 96 valence electrons. The molecule has 0 fully saturated rings. The number of aryl methyl sites for hydroxylation is 1. The molecule has 1 aromatic heterocycles. The van der Waals surface area contributed by atoms with Crippen LogP contribution < -0.4 is 4.72 Å². The molecule has 0 bridgehead atoms. The maximum absolute atomic E-state index is 11.8. The van der Waals surface area contributed by atoms with Crippen molar-refractivity contribution < 1.29 is 8.42 Å². The van der Waals surface area contributed by atoms with Crippen LogP contribution in [0.15, 0.2) is 24.3 Å². The quantitative estimate of drug-likeness (QED) is 0.801. The van der Waals surface area contributed by atoms with Crippen LogP contribution in [0.5, 0.6) is 0 Å². The summed E-state index contributed by atoms with van der Waals surface area (Å²) in [5.41, 5.74) is 1.83. The van der Waals surface area contributed by atoms with Crippen molar-refractivity contribution in [2.75, 3.05) is 0 Å². The number of rotatable bonds is 5. The second-order valence-corrected chi connectivity index (χ2v) is 5.70. The Kier molecular flexibility index (Phi) is 3.68. The highest BCUT2D eigenvalue weighted by molar-refractivity contribution is 7.88. The Bertz CT molecular complexity index is 592. The van der Waals surface area contributed by atoms with Crippen LogP contribution >= 0.6 is 0 Å². The molecule has 0 aliphatic rings. The fraction of sp³-hybridized carbons (Fsp3) is 0.300. The molecule has 2 N–H and O–H groups in total. The van der Waals surface area contributed by atoms with Gasteiger partial charge >= 0.3 is 0 Å². The number of aromatic amines is 1. The van der Waals surface area contributed by atoms with Gasteiger partial charge in [0, 0.05) is 0 Å². The average molecular weight is 267 g/mol. The number of nitrogens with one attached hydrogen (secondary N) is 2. The average Bonchev–Trinajstić information content (AvgIpc) is 2.83. The number of hydrogen-bond acceptors (Lipinski definition) is 5. The van der Waals surface area contributed by atoms with Crippen LogP contribution in [0.2, 0.25) is 0 Å². The van der Waals surface area contributed by atoms with Gasteiger partial charge in [-0.05, 0) is 12.5 Å². The number of benzene rings is 1. The highest BCUT2D eigenvalue weighted by Gasteiger charge is 2.12. The topological polar surface area (TPSA) is 101 Å². The van der Waals surface area contributed by atoms with Gasteiger partial charge in [-0.2, -0.15) is 5.21 Å². The molecule has 2 aromatic rings. The van der Waals surface area contributed by atoms with Gasteiger partial charge in [0.25, 0.3) is 0 Å². The van der Waals surface area contributed by atoms with Crippen LogP contribution in [-0.4, -0.2) is 29.0 Å². The molecule has 0 radical (unpaired) electrons. The highest BCUT2D eigenvalue weighted by Crippen LogP contribution is 2.07. The van der Waals surface area contributed by atoms with E-state index in [0.29, 0.717) is 5.82 Å². The number of sulfonamides is 1. The monoisotopic (exact) mass is 267 g/mol. The van der Waals surface area contributed by atoms with Crippen molar-refractivity contribution in [2.45, 2.75) is 19.2 Å². The molecule has 0 aliphatic carbocycles. The van der Waals surface area contributed by atoms with Gasteiger partial charge < -0.3 is 0 Å². The molecule has 0 saturated heterocycles. The molecular weight excluding hydrogens is 254 g/mol. The molecule has 2 rings (SSSR count). The Labute approximate surface area is 105 Å². The van der Waals surface area contributed by atoms with E-state index >= 15 is 0 Å². The van der Waals surface area contributed by atoms with Crippen molar-refractivity contribution in [3.63, 3.8) is 0 Å². The van der Waals surface area contributed by atoms with E-state index in [1.807, 2.05) is 19.1 Å². The molecule has 0 saturated carbocycles. The van der Waals surface area contributed by atoms with Gasteiger partial charge in [-0.15, -0.1) is 10.2 Å². The first-order valence-electron chi connectivity index (χ1n) is 5.30. The zero-order valence-electron chi connectivity index (χ0n) is 9.79. The minimum atomic E-state index is -3.40. The number of hydrogen-bond donors (Lipinski definition) is 2. The second kappa shape index (κ2) is 5.23. The third-order valence-electron chi connectivity index (χ3n) is 2.32. The lowest BCUT2D eigenvalue weighted by Gasteiger charge is -2.05. The Morgan fingerprint density at radius 3 is 2.61 bits per heavy atom. The van der Waals surface area contributed by atoms with Gasteiger partial charge in [-0.25, -0.2) is 13.1 Å². The Morgan fingerprint density at radius 2 is 2.00 bits per heavy atom. The summed E-state index contributed by atoms with van der Waals surface area (Å²) in [6.07, 6.45) is 0. The lowest BCUT2D eigenvalue weighted by Crippen LogP contribution is -2.25. The van der Waals surface area contributed by atoms with E-state index in [2.05, 4.69) is 25.3 Å². The molecule has 0 atom stereocenters. The van der Waals surface area contributed by atoms with Crippen molar-refractivity contribution in [3.05, 3.63) is 41.2 Å². The first kappa shape index (κ1) is 12.7. The molecule has 0 unspecified atom stereocenters. The van der Waals surface area contributed by atoms with Crippen molar-refractivity contribution in [2.24, 2.45) is 0 Å². The zero-order chi connectivity index (χ0) is 13.0. The predicted molar refractivity (Wildman–Crippen MR) is 64.8 cm³/mol. The van der Waals surface area contributed by atoms with Gasteiger partial charge in [0.2, 0.25) is 10.0 Å². The number of aromatic nitrogens is 4. The maximum Gasteiger partial charge on any atom is 0.216 e. The van der Waals surface area contributed by atoms with Gasteiger partial charge in [0.05, 0.1) is 12.3 Å². The van der Waals surface area contributed by atoms with E-state index in [0.717, 1.165) is 11.1 Å². The fourth-order valence-electron chi connectivity index (χ4n) is 1.39. The Hall–Kier alpha value is -1.80. The van der Waals surface area contributed by atoms with Crippen LogP contribution in [-0.2, 0) is 22.3 Å². The molecule has 7 nitrogen and oxygen atoms in total. The first-order chi connectivity index (χ1) is 8.55. The smallest absolute Gasteiger partial charge is 0.212 e. The van der Waals surface area contributed by atoms with Crippen LogP contribution in [0.3, 0.4) is 0 Å². The first-order valence-corrected chi connectivity index (χ1v) is 6.95. The van der Waals surface area contributed by atoms with Gasteiger partial charge in [0.1, 0.15) is 0 Å². The third kappa shape index (κ3) is 3.60. The standard InChI is InChI=1S/C10H13N5O2S/c1-8-2-4-9(5-3-8)7-18(16,17)11-6-10-12-14-15-13-10/h2-5,11H,6-7H2,1H3,(H,12,13,14,15). The van der Waals surface area contributed by atoms with Crippen LogP contribution in [0.4, 0.5) is 0 Å². The highest BCUT2D eigenvalue weighted by atomic mass is 32.2. The summed E-state index contributed by atoms with van der Waals surface area (Å²) in [5, 5.41) is 12.9. The predicted octanol–water partition coefficient (Wildman–Crippen LogP) is 0.128. The summed E-state index contributed by atoms with van der Waals surface area (Å²) >= 11 is 0. The lowest BCUT2D eigenvalue weighted by atomic mass is 10.2. The van der Waals surface area contributed by atoms with E-state index in [1.54, 1.807) is 12.1 Å². The summed E-state index contributed by atoms with van der Waals surface area (Å²) in [6.45, 7) is 1.98. The molecule has 0 amide bonds. The van der Waals surface area contributed by atoms with E-state index in [9.17, 15) is 8.42 Å². The van der Waals surface area contributed by atoms with E-state index in [-0.39, 0.29) is 12.3 Å². The second-order valence-electron chi connectivity index (χ2n) is 3.89. The fourth-order valence-corrected chi connectivity index (χ4v) is 2.47. The molecule has 18 heavy (non-hydrogen) atoms. The third-order valence-corrected chi connectivity index (χ3v) is 3.61. The summed E-state index contributed by atoms with van der Waals surface area (Å²) in [5.74, 6) is 0.243. The van der Waals surface area contributed by atoms with Crippen LogP contribution in [0, 0.1) is 6.92 Å². The molecule has 1 heterocycles. The van der Waals surface area contributed by atoms with E-state index in [4.69, 9.17) is 0 Å². The summed E-state index contributed by atoms with van der Waals surface area (Å²) in [4.78, 5) is 0. The minimum absolute atomic E-state index is 0.0324. The van der Waals surface area contributed by atoms with Crippen molar-refractivity contribution in [1.82, 2.24) is 25.3 Å². The maximum atomic E-state index is 11.8. The molecular formula is C10H13N5O2S. The number of nitrogens with zero attached hydrogens (tertiary/aromatic N) is 3. The molecule has 0 aliphatic heterocycles. The summed E-state index contributed by atoms with van der Waals surface area (Å²) < 4.78 is 26.0.